The highest BCUT2D eigenvalue weighted by atomic mass is 32.1. The molecular weight excluding hydrogens is 542 g/mol. The predicted molar refractivity (Wildman–Crippen MR) is 154 cm³/mol. The smallest absolute Gasteiger partial charge is 0.319 e. The van der Waals surface area contributed by atoms with Crippen molar-refractivity contribution in [2.75, 3.05) is 51.3 Å². The van der Waals surface area contributed by atoms with Crippen LogP contribution in [0.3, 0.4) is 0 Å². The van der Waals surface area contributed by atoms with Gasteiger partial charge in [0.15, 0.2) is 17.5 Å². The van der Waals surface area contributed by atoms with Gasteiger partial charge in [-0.25, -0.2) is 19.7 Å². The molecule has 41 heavy (non-hydrogen) atoms. The van der Waals surface area contributed by atoms with Gasteiger partial charge >= 0.3 is 6.03 Å². The zero-order chi connectivity index (χ0) is 27.9. The predicted octanol–water partition coefficient (Wildman–Crippen LogP) is 2.87. The van der Waals surface area contributed by atoms with Crippen molar-refractivity contribution in [3.05, 3.63) is 71.4 Å². The molecule has 2 amide bonds. The summed E-state index contributed by atoms with van der Waals surface area (Å²) >= 11 is 1.70. The molecular formula is C28H31N9O3S. The van der Waals surface area contributed by atoms with Crippen LogP contribution < -0.4 is 16.0 Å². The van der Waals surface area contributed by atoms with Crippen molar-refractivity contribution >= 4 is 23.1 Å². The van der Waals surface area contributed by atoms with Crippen LogP contribution in [0.5, 0.6) is 0 Å². The lowest BCUT2D eigenvalue weighted by Gasteiger charge is -2.25. The Kier molecular flexibility index (Phi) is 8.78. The van der Waals surface area contributed by atoms with E-state index in [2.05, 4.69) is 43.0 Å². The molecule has 3 N–H and O–H groups in total. The third-order valence-corrected chi connectivity index (χ3v) is 7.75. The van der Waals surface area contributed by atoms with Crippen molar-refractivity contribution in [3.63, 3.8) is 0 Å². The molecule has 6 rings (SSSR count). The third-order valence-electron chi connectivity index (χ3n) is 6.68. The van der Waals surface area contributed by atoms with Gasteiger partial charge in [-0.15, -0.1) is 11.3 Å². The highest BCUT2D eigenvalue weighted by molar-refractivity contribution is 7.15. The Balaban J connectivity index is 1.19. The number of thiophene rings is 1. The van der Waals surface area contributed by atoms with E-state index >= 15 is 0 Å². The van der Waals surface area contributed by atoms with Crippen LogP contribution in [0.15, 0.2) is 55.0 Å². The number of morpholine rings is 2. The fourth-order valence-electron chi connectivity index (χ4n) is 4.54. The number of hydrogen-bond acceptors (Lipinski definition) is 11. The summed E-state index contributed by atoms with van der Waals surface area (Å²) in [5, 5.41) is 8.97. The van der Waals surface area contributed by atoms with E-state index in [1.165, 1.54) is 4.88 Å². The summed E-state index contributed by atoms with van der Waals surface area (Å²) in [7, 11) is 0. The number of hydrogen-bond donors (Lipinski definition) is 3. The van der Waals surface area contributed by atoms with E-state index in [0.717, 1.165) is 49.8 Å². The Labute approximate surface area is 241 Å². The lowest BCUT2D eigenvalue weighted by Crippen LogP contribution is -2.35. The molecule has 3 aromatic heterocycles. The molecule has 1 aromatic carbocycles. The zero-order valence-corrected chi connectivity index (χ0v) is 23.3. The fraction of sp³-hybridized carbons (Fsp3) is 0.357. The van der Waals surface area contributed by atoms with Crippen molar-refractivity contribution < 1.29 is 14.3 Å². The maximum absolute atomic E-state index is 12.4. The van der Waals surface area contributed by atoms with E-state index in [1.54, 1.807) is 29.9 Å². The van der Waals surface area contributed by atoms with E-state index in [9.17, 15) is 4.79 Å². The summed E-state index contributed by atoms with van der Waals surface area (Å²) in [5.41, 5.74) is 2.13. The molecule has 2 fully saturated rings. The zero-order valence-electron chi connectivity index (χ0n) is 22.5. The summed E-state index contributed by atoms with van der Waals surface area (Å²) in [6.45, 7) is 6.63. The molecule has 2 aliphatic heterocycles. The van der Waals surface area contributed by atoms with E-state index in [-0.39, 0.29) is 18.7 Å². The molecule has 0 saturated carbocycles. The lowest BCUT2D eigenvalue weighted by atomic mass is 10.2. The van der Waals surface area contributed by atoms with Crippen LogP contribution in [0.25, 0.3) is 22.1 Å². The monoisotopic (exact) mass is 573 g/mol. The Hall–Kier alpha value is -3.88. The van der Waals surface area contributed by atoms with Gasteiger partial charge in [0.2, 0.25) is 0 Å². The summed E-state index contributed by atoms with van der Waals surface area (Å²) in [6, 6.07) is 11.3. The van der Waals surface area contributed by atoms with E-state index in [0.29, 0.717) is 42.0 Å². The van der Waals surface area contributed by atoms with Crippen molar-refractivity contribution in [1.29, 1.82) is 0 Å². The number of urea groups is 1. The number of anilines is 1. The van der Waals surface area contributed by atoms with Gasteiger partial charge in [-0.05, 0) is 36.4 Å². The van der Waals surface area contributed by atoms with Crippen LogP contribution in [-0.2, 0) is 22.6 Å². The van der Waals surface area contributed by atoms with Gasteiger partial charge in [-0.1, -0.05) is 0 Å². The van der Waals surface area contributed by atoms with Gasteiger partial charge in [0.1, 0.15) is 6.10 Å². The highest BCUT2D eigenvalue weighted by Gasteiger charge is 2.22. The van der Waals surface area contributed by atoms with E-state index in [1.807, 2.05) is 24.3 Å². The molecule has 212 valence electrons. The molecule has 0 aliphatic carbocycles. The van der Waals surface area contributed by atoms with Gasteiger partial charge in [-0.3, -0.25) is 14.9 Å². The normalized spacial score (nSPS) is 17.7. The number of carbonyl (C=O) groups excluding carboxylic acids is 1. The quantitative estimate of drug-likeness (QED) is 0.288. The van der Waals surface area contributed by atoms with Gasteiger partial charge in [0, 0.05) is 61.2 Å². The largest absolute Gasteiger partial charge is 0.379 e. The Bertz CT molecular complexity index is 1440. The van der Waals surface area contributed by atoms with Gasteiger partial charge in [0.25, 0.3) is 0 Å². The molecule has 5 heterocycles. The Morgan fingerprint density at radius 2 is 1.88 bits per heavy atom. The summed E-state index contributed by atoms with van der Waals surface area (Å²) in [5.74, 6) is 1.79. The van der Waals surface area contributed by atoms with Crippen LogP contribution in [-0.4, -0.2) is 81.9 Å². The van der Waals surface area contributed by atoms with Crippen molar-refractivity contribution in [2.24, 2.45) is 0 Å². The van der Waals surface area contributed by atoms with Gasteiger partial charge in [-0.2, -0.15) is 0 Å². The summed E-state index contributed by atoms with van der Waals surface area (Å²) < 4.78 is 11.5. The average Bonchev–Trinajstić information content (AvgIpc) is 3.50. The van der Waals surface area contributed by atoms with Crippen molar-refractivity contribution in [3.8, 4) is 22.1 Å². The minimum atomic E-state index is -0.333. The summed E-state index contributed by atoms with van der Waals surface area (Å²) in [4.78, 5) is 39.6. The molecule has 4 aromatic rings. The fourth-order valence-corrected chi connectivity index (χ4v) is 5.52. The van der Waals surface area contributed by atoms with Gasteiger partial charge < -0.3 is 25.4 Å². The standard InChI is InChI=1S/C28H31N9O3S/c38-28(32-16-21-15-29-7-8-31-21)33-20-3-1-19(2-4-20)25-34-26(23-17-30-9-12-40-23)36-27(35-25)24-6-5-22(41-24)18-37-10-13-39-14-11-37/h1-8,15,23,30H,9-14,16-18H2,(H2,32,33,38). The second-order valence-corrected chi connectivity index (χ2v) is 10.8. The molecule has 0 bridgehead atoms. The molecule has 1 atom stereocenters. The van der Waals surface area contributed by atoms with E-state index < -0.39 is 0 Å². The van der Waals surface area contributed by atoms with Crippen LogP contribution >= 0.6 is 11.3 Å². The number of rotatable bonds is 8. The summed E-state index contributed by atoms with van der Waals surface area (Å²) in [6.07, 6.45) is 4.54. The molecule has 1 unspecified atom stereocenters. The molecule has 12 nitrogen and oxygen atoms in total. The number of aromatic nitrogens is 5. The van der Waals surface area contributed by atoms with Crippen LogP contribution in [0.1, 0.15) is 22.5 Å². The molecule has 2 aliphatic rings. The number of ether oxygens (including phenoxy) is 2. The van der Waals surface area contributed by atoms with Crippen LogP contribution in [0.2, 0.25) is 0 Å². The first-order valence-corrected chi connectivity index (χ1v) is 14.4. The number of benzene rings is 1. The highest BCUT2D eigenvalue weighted by Crippen LogP contribution is 2.30. The third kappa shape index (κ3) is 7.26. The van der Waals surface area contributed by atoms with Crippen LogP contribution in [0.4, 0.5) is 10.5 Å². The van der Waals surface area contributed by atoms with Crippen molar-refractivity contribution in [1.82, 2.24) is 40.5 Å². The lowest BCUT2D eigenvalue weighted by molar-refractivity contribution is 0.0221. The second-order valence-electron chi connectivity index (χ2n) is 9.64. The minimum absolute atomic E-state index is 0.254. The van der Waals surface area contributed by atoms with E-state index in [4.69, 9.17) is 24.4 Å². The first-order valence-electron chi connectivity index (χ1n) is 13.6. The Morgan fingerprint density at radius 1 is 1.02 bits per heavy atom. The van der Waals surface area contributed by atoms with Crippen LogP contribution in [0, 0.1) is 0 Å². The topological polar surface area (TPSA) is 139 Å². The van der Waals surface area contributed by atoms with Gasteiger partial charge in [0.05, 0.1) is 43.1 Å². The number of nitrogens with one attached hydrogen (secondary N) is 3. The maximum Gasteiger partial charge on any atom is 0.319 e. The SMILES string of the molecule is O=C(NCc1cnccn1)Nc1ccc(-c2nc(-c3ccc(CN4CCOCC4)s3)nc(C3CNCCO3)n2)cc1. The molecule has 2 saturated heterocycles. The number of amides is 2. The first kappa shape index (κ1) is 27.3. The maximum atomic E-state index is 12.4. The molecule has 0 spiro atoms. The second kappa shape index (κ2) is 13.2. The molecule has 0 radical (unpaired) electrons. The number of nitrogens with zero attached hydrogens (tertiary/aromatic N) is 6. The van der Waals surface area contributed by atoms with Crippen molar-refractivity contribution in [2.45, 2.75) is 19.2 Å². The molecule has 13 heteroatoms. The average molecular weight is 574 g/mol. The Morgan fingerprint density at radius 3 is 2.66 bits per heavy atom. The minimum Gasteiger partial charge on any atom is -0.379 e. The first-order chi connectivity index (χ1) is 20.2. The number of carbonyl (C=O) groups is 1.